The maximum atomic E-state index is 12.2. The highest BCUT2D eigenvalue weighted by Crippen LogP contribution is 2.24. The second-order valence-electron chi connectivity index (χ2n) is 12.8. The molecule has 0 aliphatic carbocycles. The predicted molar refractivity (Wildman–Crippen MR) is 202 cm³/mol. The number of carbonyl (C=O) groups excluding carboxylic acids is 2. The zero-order valence-electron chi connectivity index (χ0n) is 29.7. The van der Waals surface area contributed by atoms with Crippen LogP contribution < -0.4 is 15.2 Å². The van der Waals surface area contributed by atoms with Gasteiger partial charge in [0.05, 0.1) is 22.9 Å². The van der Waals surface area contributed by atoms with Gasteiger partial charge in [-0.1, -0.05) is 30.0 Å². The Morgan fingerprint density at radius 1 is 0.915 bits per heavy atom. The van der Waals surface area contributed by atoms with Gasteiger partial charge in [-0.3, -0.25) is 0 Å². The standard InChI is InChI=1S/C17H22N2O3S.C16H24N2O3.CH3I.CH4/c1-17(2,3)22-16(20)19-10-4-5-14(19)11-21-15-8-6-13(7-9-15)18-12-23;1-16(2,3)21-15(19)18-10-4-5-13(18)11-20-14-8-6-12(17)7-9-14;1-2;/h6-9,14H,4-5,10-11H2,1-3H3;6-9,13H,4-5,10-11,17H2,1-3H3;1H3;1H4/t14-;13-;;/m00../s1/i;;1TD;. The SMILES string of the molecule is C.CC(C)(C)OC(=O)N1CCC[C@H]1COc1ccc(N)cc1.CC(C)(C)OC(=O)N1CCC[C@H]1COc1ccc(N=C=S)cc1.[2H]C([3H])I. The number of benzene rings is 2. The molecule has 262 valence electrons. The quantitative estimate of drug-likeness (QED) is 0.0973. The summed E-state index contributed by atoms with van der Waals surface area (Å²) in [4.78, 5) is 31.1. The van der Waals surface area contributed by atoms with Crippen LogP contribution in [0.1, 0.15) is 77.4 Å². The van der Waals surface area contributed by atoms with Crippen LogP contribution in [0, 0.1) is 0 Å². The van der Waals surface area contributed by atoms with Crippen molar-refractivity contribution in [1.29, 1.82) is 0 Å². The monoisotopic (exact) mass is 787 g/mol. The second-order valence-corrected chi connectivity index (χ2v) is 13.0. The number of halogens is 1. The van der Waals surface area contributed by atoms with Gasteiger partial charge in [0.1, 0.15) is 35.9 Å². The van der Waals surface area contributed by atoms with Crippen LogP contribution in [-0.4, -0.2) is 81.6 Å². The molecule has 4 rings (SSSR count). The number of hydrogen-bond donors (Lipinski definition) is 1. The normalized spacial score (nSPS) is 18.3. The van der Waals surface area contributed by atoms with E-state index in [4.69, 9.17) is 27.4 Å². The van der Waals surface area contributed by atoms with Crippen LogP contribution in [0.5, 0.6) is 11.5 Å². The van der Waals surface area contributed by atoms with Crippen LogP contribution >= 0.6 is 34.8 Å². The third-order valence-electron chi connectivity index (χ3n) is 6.79. The van der Waals surface area contributed by atoms with Crippen LogP contribution in [0.15, 0.2) is 53.5 Å². The number of likely N-dealkylation sites (tertiary alicyclic amines) is 2. The summed E-state index contributed by atoms with van der Waals surface area (Å²) in [5.74, 6) is 1.50. The summed E-state index contributed by atoms with van der Waals surface area (Å²) in [5.41, 5.74) is 6.13. The number of isothiocyanates is 1. The lowest BCUT2D eigenvalue weighted by molar-refractivity contribution is 0.0178. The lowest BCUT2D eigenvalue weighted by atomic mass is 10.2. The molecule has 0 aromatic heterocycles. The van der Waals surface area contributed by atoms with Crippen molar-refractivity contribution >= 4 is 63.5 Å². The van der Waals surface area contributed by atoms with Gasteiger partial charge in [0.2, 0.25) is 0 Å². The second kappa shape index (κ2) is 20.3. The molecule has 1 unspecified atom stereocenters. The molecule has 0 saturated carbocycles. The molecule has 0 radical (unpaired) electrons. The van der Waals surface area contributed by atoms with E-state index in [0.717, 1.165) is 49.4 Å². The first-order valence-corrected chi connectivity index (χ1v) is 16.9. The van der Waals surface area contributed by atoms with Crippen molar-refractivity contribution in [2.75, 3.05) is 36.9 Å². The summed E-state index contributed by atoms with van der Waals surface area (Å²) in [5, 5.41) is 2.33. The number of ether oxygens (including phenoxy) is 4. The first-order chi connectivity index (χ1) is 22.5. The van der Waals surface area contributed by atoms with Gasteiger partial charge in [0.15, 0.2) is 0 Å². The first kappa shape index (κ1) is 38.4. The summed E-state index contributed by atoms with van der Waals surface area (Å²) >= 11 is 6.24. The molecular weight excluding hydrogens is 731 g/mol. The molecule has 3 atom stereocenters. The van der Waals surface area contributed by atoms with E-state index in [0.29, 0.717) is 25.4 Å². The molecule has 2 saturated heterocycles. The van der Waals surface area contributed by atoms with E-state index in [1.165, 1.54) is 0 Å². The van der Waals surface area contributed by atoms with E-state index in [-0.39, 0.29) is 31.7 Å². The lowest BCUT2D eigenvalue weighted by Gasteiger charge is -2.28. The minimum atomic E-state index is -0.697. The molecular formula is C35H53IN4O6S. The highest BCUT2D eigenvalue weighted by molar-refractivity contribution is 14.1. The Morgan fingerprint density at radius 3 is 1.66 bits per heavy atom. The number of nitrogen functional groups attached to an aromatic ring is 1. The molecule has 12 heteroatoms. The largest absolute Gasteiger partial charge is 0.491 e. The fourth-order valence-corrected chi connectivity index (χ4v) is 4.86. The van der Waals surface area contributed by atoms with E-state index in [2.05, 4.69) is 22.4 Å². The minimum absolute atomic E-state index is 0. The maximum absolute atomic E-state index is 12.2. The number of nitrogens with zero attached hydrogens (tertiary/aromatic N) is 3. The van der Waals surface area contributed by atoms with E-state index in [1.807, 2.05) is 77.9 Å². The third-order valence-corrected chi connectivity index (χ3v) is 6.88. The molecule has 2 amide bonds. The van der Waals surface area contributed by atoms with Crippen molar-refractivity contribution in [1.82, 2.24) is 9.80 Å². The Hall–Kier alpha value is -3.09. The number of amides is 2. The lowest BCUT2D eigenvalue weighted by Crippen LogP contribution is -2.42. The zero-order valence-corrected chi connectivity index (χ0v) is 30.6. The maximum Gasteiger partial charge on any atom is 0.410 e. The molecule has 2 N–H and O–H groups in total. The molecule has 2 heterocycles. The molecule has 10 nitrogen and oxygen atoms in total. The minimum Gasteiger partial charge on any atom is -0.491 e. The van der Waals surface area contributed by atoms with Gasteiger partial charge < -0.3 is 34.5 Å². The highest BCUT2D eigenvalue weighted by Gasteiger charge is 2.33. The van der Waals surface area contributed by atoms with Crippen molar-refractivity contribution in [3.63, 3.8) is 0 Å². The van der Waals surface area contributed by atoms with Crippen LogP contribution in [-0.2, 0) is 9.47 Å². The van der Waals surface area contributed by atoms with Gasteiger partial charge in [-0.05, 0) is 133 Å². The van der Waals surface area contributed by atoms with Crippen molar-refractivity contribution in [2.45, 2.75) is 97.9 Å². The number of hydrogen-bond acceptors (Lipinski definition) is 9. The number of rotatable bonds is 7. The van der Waals surface area contributed by atoms with Crippen LogP contribution in [0.3, 0.4) is 0 Å². The average Bonchev–Trinajstić information content (AvgIpc) is 3.65. The topological polar surface area (TPSA) is 116 Å². The summed E-state index contributed by atoms with van der Waals surface area (Å²) in [6.45, 7) is 13.6. The molecule has 0 spiro atoms. The van der Waals surface area contributed by atoms with Gasteiger partial charge in [-0.25, -0.2) is 9.59 Å². The Bertz CT molecular complexity index is 1330. The van der Waals surface area contributed by atoms with Crippen LogP contribution in [0.2, 0.25) is 0 Å². The van der Waals surface area contributed by atoms with E-state index in [1.54, 1.807) is 44.5 Å². The molecule has 2 aliphatic heterocycles. The Kier molecular flexibility index (Phi) is 16.6. The summed E-state index contributed by atoms with van der Waals surface area (Å²) in [6, 6.07) is 14.7. The number of nitrogens with two attached hydrogens (primary N) is 1. The van der Waals surface area contributed by atoms with Gasteiger partial charge >= 0.3 is 12.2 Å². The molecule has 2 aliphatic rings. The van der Waals surface area contributed by atoms with Crippen LogP contribution in [0.4, 0.5) is 21.0 Å². The molecule has 2 aromatic rings. The number of thiocarbonyl (C=S) groups is 1. The summed E-state index contributed by atoms with van der Waals surface area (Å²) in [7, 11) is 0. The Labute approximate surface area is 303 Å². The van der Waals surface area contributed by atoms with Gasteiger partial charge in [-0.15, -0.1) is 0 Å². The Balaban J connectivity index is 0.000000435. The smallest absolute Gasteiger partial charge is 0.410 e. The third kappa shape index (κ3) is 15.6. The first-order valence-electron chi connectivity index (χ1n) is 16.4. The van der Waals surface area contributed by atoms with Gasteiger partial charge in [0, 0.05) is 21.5 Å². The van der Waals surface area contributed by atoms with Gasteiger partial charge in [0.25, 0.3) is 0 Å². The molecule has 0 bridgehead atoms. The fraction of sp³-hybridized carbons (Fsp3) is 0.571. The average molecular weight is 788 g/mol. The van der Waals surface area contributed by atoms with Crippen molar-refractivity contribution < 1.29 is 31.3 Å². The molecule has 2 fully saturated rings. The summed E-state index contributed by atoms with van der Waals surface area (Å²) < 4.78 is 34.9. The van der Waals surface area contributed by atoms with E-state index < -0.39 is 16.1 Å². The summed E-state index contributed by atoms with van der Waals surface area (Å²) in [6.07, 6.45) is 3.28. The van der Waals surface area contributed by atoms with E-state index >= 15 is 0 Å². The van der Waals surface area contributed by atoms with Crippen molar-refractivity contribution in [3.05, 3.63) is 48.5 Å². The predicted octanol–water partition coefficient (Wildman–Crippen LogP) is 8.93. The number of carbonyl (C=O) groups is 2. The van der Waals surface area contributed by atoms with Crippen molar-refractivity contribution in [2.24, 2.45) is 4.99 Å². The Morgan fingerprint density at radius 2 is 1.30 bits per heavy atom. The number of anilines is 1. The number of aliphatic imine (C=N–C) groups is 1. The van der Waals surface area contributed by atoms with Crippen molar-refractivity contribution in [3.8, 4) is 11.5 Å². The molecule has 2 aromatic carbocycles. The van der Waals surface area contributed by atoms with Crippen LogP contribution in [0.25, 0.3) is 0 Å². The molecule has 47 heavy (non-hydrogen) atoms. The number of alkyl halides is 1. The van der Waals surface area contributed by atoms with Gasteiger partial charge in [-0.2, -0.15) is 4.99 Å². The highest BCUT2D eigenvalue weighted by atomic mass is 127. The fourth-order valence-electron chi connectivity index (χ4n) is 4.76. The zero-order chi connectivity index (χ0) is 35.9. The van der Waals surface area contributed by atoms with E-state index in [9.17, 15) is 9.59 Å².